The van der Waals surface area contributed by atoms with E-state index in [1.165, 1.54) is 32.6 Å². The Hall–Kier alpha value is -4.33. The van der Waals surface area contributed by atoms with E-state index in [0.29, 0.717) is 0 Å². The first-order valence-electron chi connectivity index (χ1n) is 12.1. The Kier molecular flexibility index (Phi) is 4.90. The van der Waals surface area contributed by atoms with Crippen molar-refractivity contribution in [3.8, 4) is 27.9 Å². The van der Waals surface area contributed by atoms with Crippen LogP contribution < -0.4 is 0 Å². The zero-order chi connectivity index (χ0) is 24.1. The fourth-order valence-electron chi connectivity index (χ4n) is 5.38. The van der Waals surface area contributed by atoms with Crippen LogP contribution in [0.15, 0.2) is 133 Å². The topological polar surface area (TPSA) is 4.93 Å². The van der Waals surface area contributed by atoms with E-state index in [4.69, 9.17) is 11.6 Å². The lowest BCUT2D eigenvalue weighted by molar-refractivity contribution is 1.18. The van der Waals surface area contributed by atoms with Gasteiger partial charge in [0.1, 0.15) is 0 Å². The summed E-state index contributed by atoms with van der Waals surface area (Å²) < 4.78 is 2.36. The number of fused-ring (bicyclic) bond motifs is 4. The summed E-state index contributed by atoms with van der Waals surface area (Å²) in [6.07, 6.45) is 0. The molecule has 170 valence electrons. The van der Waals surface area contributed by atoms with Gasteiger partial charge in [0.15, 0.2) is 0 Å². The van der Waals surface area contributed by atoms with Crippen LogP contribution in [0.25, 0.3) is 60.5 Å². The lowest BCUT2D eigenvalue weighted by Crippen LogP contribution is -1.94. The molecule has 7 aromatic rings. The normalized spacial score (nSPS) is 11.5. The molecule has 2 heteroatoms. The van der Waals surface area contributed by atoms with Crippen molar-refractivity contribution in [2.45, 2.75) is 0 Å². The maximum atomic E-state index is 6.51. The van der Waals surface area contributed by atoms with E-state index >= 15 is 0 Å². The number of para-hydroxylation sites is 2. The first-order valence-corrected chi connectivity index (χ1v) is 12.5. The highest BCUT2D eigenvalue weighted by atomic mass is 35.5. The van der Waals surface area contributed by atoms with Crippen molar-refractivity contribution in [2.75, 3.05) is 0 Å². The SMILES string of the molecule is Clc1ccc(-c2cccc(-n3c4ccccc4c4ccccc43)c2)c(-c2ccc3ccccc3c2)c1. The number of nitrogens with zero attached hydrogens (tertiary/aromatic N) is 1. The first kappa shape index (κ1) is 21.0. The predicted octanol–water partition coefficient (Wildman–Crippen LogP) is 9.92. The highest BCUT2D eigenvalue weighted by molar-refractivity contribution is 6.31. The molecule has 0 aliphatic heterocycles. The summed E-state index contributed by atoms with van der Waals surface area (Å²) in [5, 5.41) is 5.72. The molecule has 0 unspecified atom stereocenters. The van der Waals surface area contributed by atoms with Gasteiger partial charge in [-0.3, -0.25) is 0 Å². The van der Waals surface area contributed by atoms with Crippen LogP contribution in [0.3, 0.4) is 0 Å². The second-order valence-corrected chi connectivity index (χ2v) is 9.61. The van der Waals surface area contributed by atoms with E-state index < -0.39 is 0 Å². The van der Waals surface area contributed by atoms with Gasteiger partial charge in [-0.05, 0) is 75.5 Å². The Morgan fingerprint density at radius 1 is 0.444 bits per heavy atom. The molecule has 0 aliphatic carbocycles. The van der Waals surface area contributed by atoms with Crippen molar-refractivity contribution in [1.29, 1.82) is 0 Å². The van der Waals surface area contributed by atoms with Crippen LogP contribution in [-0.2, 0) is 0 Å². The quantitative estimate of drug-likeness (QED) is 0.237. The van der Waals surface area contributed by atoms with Gasteiger partial charge in [-0.15, -0.1) is 0 Å². The molecule has 0 bridgehead atoms. The monoisotopic (exact) mass is 479 g/mol. The highest BCUT2D eigenvalue weighted by Crippen LogP contribution is 2.38. The Bertz CT molecular complexity index is 1860. The molecule has 0 atom stereocenters. The van der Waals surface area contributed by atoms with Gasteiger partial charge >= 0.3 is 0 Å². The van der Waals surface area contributed by atoms with Gasteiger partial charge in [0.25, 0.3) is 0 Å². The van der Waals surface area contributed by atoms with Gasteiger partial charge in [-0.25, -0.2) is 0 Å². The molecule has 0 N–H and O–H groups in total. The fraction of sp³-hybridized carbons (Fsp3) is 0. The van der Waals surface area contributed by atoms with E-state index in [9.17, 15) is 0 Å². The first-order chi connectivity index (χ1) is 17.8. The minimum atomic E-state index is 0.737. The maximum absolute atomic E-state index is 6.51. The summed E-state index contributed by atoms with van der Waals surface area (Å²) in [4.78, 5) is 0. The van der Waals surface area contributed by atoms with E-state index in [2.05, 4.69) is 132 Å². The van der Waals surface area contributed by atoms with Crippen LogP contribution >= 0.6 is 11.6 Å². The van der Waals surface area contributed by atoms with Gasteiger partial charge in [-0.2, -0.15) is 0 Å². The van der Waals surface area contributed by atoms with Crippen LogP contribution in [-0.4, -0.2) is 4.57 Å². The van der Waals surface area contributed by atoms with E-state index in [1.807, 2.05) is 6.07 Å². The summed E-state index contributed by atoms with van der Waals surface area (Å²) in [6, 6.07) is 47.3. The summed E-state index contributed by atoms with van der Waals surface area (Å²) in [7, 11) is 0. The van der Waals surface area contributed by atoms with Crippen molar-refractivity contribution in [2.24, 2.45) is 0 Å². The third-order valence-corrected chi connectivity index (χ3v) is 7.27. The van der Waals surface area contributed by atoms with Crippen LogP contribution in [0, 0.1) is 0 Å². The van der Waals surface area contributed by atoms with Crippen LogP contribution in [0.4, 0.5) is 0 Å². The van der Waals surface area contributed by atoms with Gasteiger partial charge in [0, 0.05) is 21.5 Å². The molecule has 36 heavy (non-hydrogen) atoms. The molecular formula is C34H22ClN. The second kappa shape index (κ2) is 8.41. The molecule has 0 fully saturated rings. The smallest absolute Gasteiger partial charge is 0.0541 e. The van der Waals surface area contributed by atoms with E-state index in [-0.39, 0.29) is 0 Å². The number of hydrogen-bond acceptors (Lipinski definition) is 0. The maximum Gasteiger partial charge on any atom is 0.0541 e. The average molecular weight is 480 g/mol. The minimum absolute atomic E-state index is 0.737. The Labute approximate surface area is 214 Å². The molecular weight excluding hydrogens is 458 g/mol. The molecule has 1 heterocycles. The predicted molar refractivity (Wildman–Crippen MR) is 154 cm³/mol. The molecule has 0 radical (unpaired) electrons. The summed E-state index contributed by atoms with van der Waals surface area (Å²) in [5.74, 6) is 0. The number of aromatic nitrogens is 1. The van der Waals surface area contributed by atoms with E-state index in [1.54, 1.807) is 0 Å². The van der Waals surface area contributed by atoms with Crippen molar-refractivity contribution < 1.29 is 0 Å². The molecule has 1 aromatic heterocycles. The van der Waals surface area contributed by atoms with Crippen molar-refractivity contribution in [3.05, 3.63) is 138 Å². The summed E-state index contributed by atoms with van der Waals surface area (Å²) in [5.41, 5.74) is 8.18. The van der Waals surface area contributed by atoms with Gasteiger partial charge in [0.05, 0.1) is 11.0 Å². The van der Waals surface area contributed by atoms with Crippen molar-refractivity contribution >= 4 is 44.2 Å². The lowest BCUT2D eigenvalue weighted by atomic mass is 9.93. The number of rotatable bonds is 3. The number of benzene rings is 6. The molecule has 0 saturated heterocycles. The summed E-state index contributed by atoms with van der Waals surface area (Å²) >= 11 is 6.51. The van der Waals surface area contributed by atoms with E-state index in [0.717, 1.165) is 33.0 Å². The number of hydrogen-bond donors (Lipinski definition) is 0. The van der Waals surface area contributed by atoms with Gasteiger partial charge < -0.3 is 4.57 Å². The zero-order valence-electron chi connectivity index (χ0n) is 19.5. The standard InChI is InChI=1S/C34H22ClN/c35-27-18-19-29(32(22-27)26-17-16-23-8-1-2-9-24(23)20-26)25-10-7-11-28(21-25)36-33-14-5-3-12-30(33)31-13-4-6-15-34(31)36/h1-22H. The Balaban J connectivity index is 1.44. The molecule has 1 nitrogen and oxygen atoms in total. The minimum Gasteiger partial charge on any atom is -0.309 e. The summed E-state index contributed by atoms with van der Waals surface area (Å²) in [6.45, 7) is 0. The van der Waals surface area contributed by atoms with Crippen molar-refractivity contribution in [1.82, 2.24) is 4.57 Å². The van der Waals surface area contributed by atoms with Crippen LogP contribution in [0.1, 0.15) is 0 Å². The largest absolute Gasteiger partial charge is 0.309 e. The molecule has 0 aliphatic rings. The number of halogens is 1. The molecule has 0 amide bonds. The van der Waals surface area contributed by atoms with Crippen LogP contribution in [0.2, 0.25) is 5.02 Å². The fourth-order valence-corrected chi connectivity index (χ4v) is 5.55. The second-order valence-electron chi connectivity index (χ2n) is 9.17. The van der Waals surface area contributed by atoms with Gasteiger partial charge in [0.2, 0.25) is 0 Å². The lowest BCUT2D eigenvalue weighted by Gasteiger charge is -2.14. The highest BCUT2D eigenvalue weighted by Gasteiger charge is 2.14. The van der Waals surface area contributed by atoms with Crippen molar-refractivity contribution in [3.63, 3.8) is 0 Å². The van der Waals surface area contributed by atoms with Gasteiger partial charge in [-0.1, -0.05) is 103 Å². The molecule has 0 spiro atoms. The zero-order valence-corrected chi connectivity index (χ0v) is 20.3. The third-order valence-electron chi connectivity index (χ3n) is 7.04. The third kappa shape index (κ3) is 3.40. The molecule has 6 aromatic carbocycles. The Morgan fingerprint density at radius 3 is 1.89 bits per heavy atom. The average Bonchev–Trinajstić information content (AvgIpc) is 3.27. The molecule has 0 saturated carbocycles. The van der Waals surface area contributed by atoms with Crippen LogP contribution in [0.5, 0.6) is 0 Å². The Morgan fingerprint density at radius 2 is 1.11 bits per heavy atom. The molecule has 7 rings (SSSR count).